The van der Waals surface area contributed by atoms with Gasteiger partial charge in [0.25, 0.3) is 5.91 Å². The summed E-state index contributed by atoms with van der Waals surface area (Å²) in [5.41, 5.74) is 1.95. The van der Waals surface area contributed by atoms with Crippen LogP contribution in [0.1, 0.15) is 17.4 Å². The maximum atomic E-state index is 12.2. The number of carbonyl (C=O) groups is 2. The van der Waals surface area contributed by atoms with Gasteiger partial charge in [0.15, 0.2) is 0 Å². The molecule has 1 heterocycles. The van der Waals surface area contributed by atoms with Gasteiger partial charge in [-0.25, -0.2) is 0 Å². The van der Waals surface area contributed by atoms with E-state index in [2.05, 4.69) is 33.0 Å². The summed E-state index contributed by atoms with van der Waals surface area (Å²) in [6.45, 7) is 1.50. The Balaban J connectivity index is 2.14. The van der Waals surface area contributed by atoms with Crippen molar-refractivity contribution in [2.45, 2.75) is 6.92 Å². The lowest BCUT2D eigenvalue weighted by molar-refractivity contribution is -0.116. The highest BCUT2D eigenvalue weighted by atomic mass is 127. The van der Waals surface area contributed by atoms with Gasteiger partial charge in [0.1, 0.15) is 5.69 Å². The summed E-state index contributed by atoms with van der Waals surface area (Å²) in [7, 11) is 3.43. The zero-order valence-electron chi connectivity index (χ0n) is 11.9. The number of carbonyl (C=O) groups excluding carboxylic acids is 2. The van der Waals surface area contributed by atoms with Crippen LogP contribution in [0.4, 0.5) is 11.4 Å². The summed E-state index contributed by atoms with van der Waals surface area (Å²) in [5, 5.41) is 6.85. The second-order valence-electron chi connectivity index (χ2n) is 4.54. The number of nitrogens with one attached hydrogen (secondary N) is 1. The van der Waals surface area contributed by atoms with Crippen LogP contribution in [0, 0.1) is 3.57 Å². The van der Waals surface area contributed by atoms with Crippen LogP contribution in [0.25, 0.3) is 0 Å². The number of halogens is 1. The molecule has 0 bridgehead atoms. The van der Waals surface area contributed by atoms with Gasteiger partial charge >= 0.3 is 0 Å². The van der Waals surface area contributed by atoms with Crippen molar-refractivity contribution in [1.82, 2.24) is 9.78 Å². The molecule has 0 aliphatic rings. The van der Waals surface area contributed by atoms with Crippen LogP contribution in [0.3, 0.4) is 0 Å². The van der Waals surface area contributed by atoms with Crippen molar-refractivity contribution in [1.29, 1.82) is 0 Å². The van der Waals surface area contributed by atoms with E-state index in [1.807, 2.05) is 0 Å². The first kappa shape index (κ1) is 15.5. The summed E-state index contributed by atoms with van der Waals surface area (Å²) in [5.74, 6) is -0.261. The molecule has 2 amide bonds. The maximum Gasteiger partial charge on any atom is 0.275 e. The number of rotatable bonds is 3. The monoisotopic (exact) mass is 398 g/mol. The van der Waals surface area contributed by atoms with E-state index in [1.54, 1.807) is 44.6 Å². The maximum absolute atomic E-state index is 12.2. The lowest BCUT2D eigenvalue weighted by Gasteiger charge is -2.15. The van der Waals surface area contributed by atoms with E-state index in [1.165, 1.54) is 16.5 Å². The van der Waals surface area contributed by atoms with E-state index in [-0.39, 0.29) is 11.8 Å². The number of hydrogen-bond acceptors (Lipinski definition) is 3. The van der Waals surface area contributed by atoms with Crippen LogP contribution in [-0.2, 0) is 11.8 Å². The van der Waals surface area contributed by atoms with Gasteiger partial charge in [-0.1, -0.05) is 0 Å². The molecule has 6 nitrogen and oxygen atoms in total. The fraction of sp³-hybridized carbons (Fsp3) is 0.214. The minimum atomic E-state index is -0.216. The Morgan fingerprint density at radius 3 is 2.38 bits per heavy atom. The molecule has 0 atom stereocenters. The molecule has 0 spiro atoms. The largest absolute Gasteiger partial charge is 0.321 e. The van der Waals surface area contributed by atoms with Crippen molar-refractivity contribution in [3.8, 4) is 0 Å². The quantitative estimate of drug-likeness (QED) is 0.807. The minimum absolute atomic E-state index is 0.0452. The van der Waals surface area contributed by atoms with Crippen LogP contribution in [-0.4, -0.2) is 28.6 Å². The molecule has 0 fully saturated rings. The molecule has 2 aromatic rings. The lowest BCUT2D eigenvalue weighted by Crippen LogP contribution is -2.22. The van der Waals surface area contributed by atoms with Crippen molar-refractivity contribution in [3.05, 3.63) is 39.7 Å². The van der Waals surface area contributed by atoms with Crippen molar-refractivity contribution < 1.29 is 9.59 Å². The summed E-state index contributed by atoms with van der Waals surface area (Å²) >= 11 is 2.07. The van der Waals surface area contributed by atoms with Crippen molar-refractivity contribution in [3.63, 3.8) is 0 Å². The molecule has 0 unspecified atom stereocenters. The van der Waals surface area contributed by atoms with Crippen molar-refractivity contribution in [2.24, 2.45) is 7.05 Å². The average Bonchev–Trinajstić information content (AvgIpc) is 2.78. The van der Waals surface area contributed by atoms with Gasteiger partial charge in [-0.3, -0.25) is 14.3 Å². The number of aryl methyl sites for hydroxylation is 1. The Labute approximate surface area is 136 Å². The molecule has 0 radical (unpaired) electrons. The van der Waals surface area contributed by atoms with Gasteiger partial charge in [-0.2, -0.15) is 5.10 Å². The molecule has 0 saturated heterocycles. The third kappa shape index (κ3) is 3.41. The topological polar surface area (TPSA) is 67.2 Å². The minimum Gasteiger partial charge on any atom is -0.321 e. The van der Waals surface area contributed by atoms with E-state index in [0.717, 1.165) is 9.26 Å². The van der Waals surface area contributed by atoms with Gasteiger partial charge < -0.3 is 10.2 Å². The molecule has 0 saturated carbocycles. The predicted molar refractivity (Wildman–Crippen MR) is 89.4 cm³/mol. The first-order chi connectivity index (χ1) is 9.90. The fourth-order valence-electron chi connectivity index (χ4n) is 1.81. The second-order valence-corrected chi connectivity index (χ2v) is 5.71. The molecule has 0 aliphatic heterocycles. The van der Waals surface area contributed by atoms with E-state index < -0.39 is 0 Å². The van der Waals surface area contributed by atoms with Crippen molar-refractivity contribution >= 4 is 45.8 Å². The van der Waals surface area contributed by atoms with Crippen LogP contribution in [0.2, 0.25) is 0 Å². The first-order valence-corrected chi connectivity index (χ1v) is 7.31. The van der Waals surface area contributed by atoms with E-state index >= 15 is 0 Å². The molecule has 1 aromatic heterocycles. The number of nitrogens with zero attached hydrogens (tertiary/aromatic N) is 3. The van der Waals surface area contributed by atoms with Gasteiger partial charge in [0.05, 0.1) is 9.77 Å². The smallest absolute Gasteiger partial charge is 0.275 e. The Morgan fingerprint density at radius 1 is 1.29 bits per heavy atom. The molecular weight excluding hydrogens is 383 g/mol. The highest BCUT2D eigenvalue weighted by Crippen LogP contribution is 2.18. The first-order valence-electron chi connectivity index (χ1n) is 6.23. The molecule has 1 N–H and O–H groups in total. The number of aromatic nitrogens is 2. The van der Waals surface area contributed by atoms with E-state index in [9.17, 15) is 9.59 Å². The average molecular weight is 398 g/mol. The Kier molecular flexibility index (Phi) is 4.61. The molecule has 1 aromatic carbocycles. The number of hydrogen-bond donors (Lipinski definition) is 1. The summed E-state index contributed by atoms with van der Waals surface area (Å²) < 4.78 is 2.33. The molecule has 7 heteroatoms. The molecule has 0 aliphatic carbocycles. The van der Waals surface area contributed by atoms with Crippen LogP contribution >= 0.6 is 22.6 Å². The number of amides is 2. The second kappa shape index (κ2) is 6.25. The standard InChI is InChI=1S/C14H15IN4O2/c1-9(20)18(2)11-6-4-10(5-7-11)17-14(21)13-12(15)8-16-19(13)3/h4-8H,1-3H3,(H,17,21). The SMILES string of the molecule is CC(=O)N(C)c1ccc(NC(=O)c2c(I)cnn2C)cc1. The third-order valence-electron chi connectivity index (χ3n) is 3.09. The molecular formula is C14H15IN4O2. The number of anilines is 2. The zero-order valence-corrected chi connectivity index (χ0v) is 14.1. The third-order valence-corrected chi connectivity index (χ3v) is 3.88. The zero-order chi connectivity index (χ0) is 15.6. The lowest BCUT2D eigenvalue weighted by atomic mass is 10.2. The summed E-state index contributed by atoms with van der Waals surface area (Å²) in [6.07, 6.45) is 1.64. The van der Waals surface area contributed by atoms with Gasteiger partial charge in [-0.05, 0) is 46.9 Å². The predicted octanol–water partition coefficient (Wildman–Crippen LogP) is 2.26. The van der Waals surface area contributed by atoms with E-state index in [4.69, 9.17) is 0 Å². The summed E-state index contributed by atoms with van der Waals surface area (Å²) in [4.78, 5) is 25.0. The van der Waals surface area contributed by atoms with Crippen LogP contribution < -0.4 is 10.2 Å². The van der Waals surface area contributed by atoms with Crippen LogP contribution in [0.5, 0.6) is 0 Å². The molecule has 21 heavy (non-hydrogen) atoms. The van der Waals surface area contributed by atoms with E-state index in [0.29, 0.717) is 11.4 Å². The van der Waals surface area contributed by atoms with Crippen LogP contribution in [0.15, 0.2) is 30.5 Å². The normalized spacial score (nSPS) is 10.3. The highest BCUT2D eigenvalue weighted by molar-refractivity contribution is 14.1. The highest BCUT2D eigenvalue weighted by Gasteiger charge is 2.15. The Bertz CT molecular complexity index is 659. The molecule has 110 valence electrons. The Hall–Kier alpha value is -1.90. The fourth-order valence-corrected chi connectivity index (χ4v) is 2.53. The summed E-state index contributed by atoms with van der Waals surface area (Å²) in [6, 6.07) is 7.09. The molecule has 2 rings (SSSR count). The van der Waals surface area contributed by atoms with Gasteiger partial charge in [0, 0.05) is 32.4 Å². The van der Waals surface area contributed by atoms with Crippen molar-refractivity contribution in [2.75, 3.05) is 17.3 Å². The number of benzene rings is 1. The Morgan fingerprint density at radius 2 is 1.90 bits per heavy atom. The van der Waals surface area contributed by atoms with Gasteiger partial charge in [0.2, 0.25) is 5.91 Å². The van der Waals surface area contributed by atoms with Gasteiger partial charge in [-0.15, -0.1) is 0 Å².